The summed E-state index contributed by atoms with van der Waals surface area (Å²) in [6.07, 6.45) is 0. The summed E-state index contributed by atoms with van der Waals surface area (Å²) in [5.74, 6) is 0.941. The van der Waals surface area contributed by atoms with Gasteiger partial charge in [0.05, 0.1) is 18.0 Å². The number of fused-ring (bicyclic) bond motifs is 1. The topological polar surface area (TPSA) is 69.4 Å². The second kappa shape index (κ2) is 11.4. The minimum atomic E-state index is -0.206. The molecule has 2 heterocycles. The number of amides is 1. The fourth-order valence-electron chi connectivity index (χ4n) is 3.83. The van der Waals surface area contributed by atoms with E-state index in [0.717, 1.165) is 17.0 Å². The molecular weight excluding hydrogens is 513 g/mol. The molecule has 2 aromatic heterocycles. The van der Waals surface area contributed by atoms with Crippen LogP contribution in [0.4, 0.5) is 0 Å². The molecule has 4 rings (SSSR count). The van der Waals surface area contributed by atoms with E-state index >= 15 is 0 Å². The van der Waals surface area contributed by atoms with Crippen LogP contribution in [-0.4, -0.2) is 50.4 Å². The monoisotopic (exact) mass is 540 g/mol. The van der Waals surface area contributed by atoms with Crippen LogP contribution < -0.4 is 10.3 Å². The Balaban J connectivity index is 1.87. The standard InChI is InChI=1S/C26H28N4O3S3/c1-5-28(6-2)21(31)16-35-25-27-23-22(24(32)30(25)19-10-8-17(4)9-11-19)36-26(34)29(23)18-12-14-20(15-13-18)33-7-3/h8-15H,5-7,16H2,1-4H3. The Kier molecular flexibility index (Phi) is 8.28. The highest BCUT2D eigenvalue weighted by Gasteiger charge is 2.20. The van der Waals surface area contributed by atoms with Crippen molar-refractivity contribution in [1.82, 2.24) is 19.0 Å². The van der Waals surface area contributed by atoms with E-state index in [1.54, 1.807) is 9.47 Å². The molecule has 0 bridgehead atoms. The number of hydrogen-bond acceptors (Lipinski definition) is 7. The lowest BCUT2D eigenvalue weighted by atomic mass is 10.2. The van der Waals surface area contributed by atoms with Gasteiger partial charge in [-0.3, -0.25) is 18.7 Å². The quantitative estimate of drug-likeness (QED) is 0.156. The fraction of sp³-hybridized carbons (Fsp3) is 0.308. The van der Waals surface area contributed by atoms with Crippen LogP contribution in [0, 0.1) is 10.9 Å². The van der Waals surface area contributed by atoms with Crippen LogP contribution in [0.2, 0.25) is 0 Å². The molecule has 0 aliphatic heterocycles. The summed E-state index contributed by atoms with van der Waals surface area (Å²) >= 11 is 8.17. The maximum Gasteiger partial charge on any atom is 0.278 e. The number of thioether (sulfide) groups is 1. The number of benzene rings is 2. The lowest BCUT2D eigenvalue weighted by Crippen LogP contribution is -2.32. The molecule has 0 spiro atoms. The van der Waals surface area contributed by atoms with Crippen molar-refractivity contribution in [1.29, 1.82) is 0 Å². The van der Waals surface area contributed by atoms with Gasteiger partial charge in [-0.25, -0.2) is 4.98 Å². The Morgan fingerprint density at radius 3 is 2.25 bits per heavy atom. The van der Waals surface area contributed by atoms with Gasteiger partial charge in [0.1, 0.15) is 10.4 Å². The number of thiazole rings is 1. The summed E-state index contributed by atoms with van der Waals surface area (Å²) in [5.41, 5.74) is 2.86. The zero-order valence-corrected chi connectivity index (χ0v) is 23.1. The average molecular weight is 541 g/mol. The number of carbonyl (C=O) groups excluding carboxylic acids is 1. The first-order valence-electron chi connectivity index (χ1n) is 11.8. The van der Waals surface area contributed by atoms with E-state index in [1.165, 1.54) is 23.1 Å². The van der Waals surface area contributed by atoms with E-state index < -0.39 is 0 Å². The molecule has 2 aromatic carbocycles. The molecule has 0 unspecified atom stereocenters. The van der Waals surface area contributed by atoms with Crippen molar-refractivity contribution in [3.8, 4) is 17.1 Å². The van der Waals surface area contributed by atoms with Gasteiger partial charge >= 0.3 is 0 Å². The van der Waals surface area contributed by atoms with Crippen LogP contribution in [-0.2, 0) is 4.79 Å². The molecule has 0 atom stereocenters. The molecule has 0 saturated carbocycles. The summed E-state index contributed by atoms with van der Waals surface area (Å²) < 4.78 is 9.94. The van der Waals surface area contributed by atoms with Crippen molar-refractivity contribution < 1.29 is 9.53 Å². The molecule has 0 fully saturated rings. The van der Waals surface area contributed by atoms with Gasteiger partial charge in [0.2, 0.25) is 5.91 Å². The Morgan fingerprint density at radius 1 is 1.03 bits per heavy atom. The average Bonchev–Trinajstić information content (AvgIpc) is 3.21. The zero-order chi connectivity index (χ0) is 25.8. The summed E-state index contributed by atoms with van der Waals surface area (Å²) in [6.45, 7) is 9.68. The van der Waals surface area contributed by atoms with Crippen molar-refractivity contribution in [2.45, 2.75) is 32.9 Å². The zero-order valence-electron chi connectivity index (χ0n) is 20.7. The molecule has 0 N–H and O–H groups in total. The van der Waals surface area contributed by atoms with Gasteiger partial charge < -0.3 is 9.64 Å². The van der Waals surface area contributed by atoms with Crippen molar-refractivity contribution in [2.24, 2.45) is 0 Å². The normalized spacial score (nSPS) is 11.1. The molecule has 10 heteroatoms. The smallest absolute Gasteiger partial charge is 0.278 e. The van der Waals surface area contributed by atoms with Gasteiger partial charge in [-0.1, -0.05) is 40.8 Å². The van der Waals surface area contributed by atoms with Crippen LogP contribution in [0.3, 0.4) is 0 Å². The van der Waals surface area contributed by atoms with Crippen LogP contribution in [0.5, 0.6) is 5.75 Å². The van der Waals surface area contributed by atoms with E-state index in [0.29, 0.717) is 44.8 Å². The number of aromatic nitrogens is 3. The predicted octanol–water partition coefficient (Wildman–Crippen LogP) is 5.64. The number of rotatable bonds is 9. The highest BCUT2D eigenvalue weighted by atomic mass is 32.2. The van der Waals surface area contributed by atoms with E-state index in [1.807, 2.05) is 80.8 Å². The highest BCUT2D eigenvalue weighted by molar-refractivity contribution is 7.99. The molecule has 0 aliphatic rings. The highest BCUT2D eigenvalue weighted by Crippen LogP contribution is 2.28. The van der Waals surface area contributed by atoms with Gasteiger partial charge in [-0.05, 0) is 76.3 Å². The van der Waals surface area contributed by atoms with E-state index in [4.69, 9.17) is 21.9 Å². The van der Waals surface area contributed by atoms with E-state index in [9.17, 15) is 9.59 Å². The first-order chi connectivity index (χ1) is 17.4. The van der Waals surface area contributed by atoms with Crippen LogP contribution in [0.1, 0.15) is 26.3 Å². The first kappa shape index (κ1) is 26.1. The second-order valence-electron chi connectivity index (χ2n) is 8.01. The number of nitrogens with zero attached hydrogens (tertiary/aromatic N) is 4. The van der Waals surface area contributed by atoms with Gasteiger partial charge in [0.15, 0.2) is 14.8 Å². The minimum absolute atomic E-state index is 0.00321. The van der Waals surface area contributed by atoms with Crippen molar-refractivity contribution in [2.75, 3.05) is 25.4 Å². The Hall–Kier alpha value is -2.95. The van der Waals surface area contributed by atoms with Gasteiger partial charge in [0.25, 0.3) is 5.56 Å². The summed E-state index contributed by atoms with van der Waals surface area (Å²) in [6, 6.07) is 15.2. The van der Waals surface area contributed by atoms with E-state index in [2.05, 4.69) is 0 Å². The Morgan fingerprint density at radius 2 is 1.64 bits per heavy atom. The van der Waals surface area contributed by atoms with Crippen molar-refractivity contribution in [3.63, 3.8) is 0 Å². The lowest BCUT2D eigenvalue weighted by Gasteiger charge is -2.19. The second-order valence-corrected chi connectivity index (χ2v) is 10.6. The Labute approximate surface area is 223 Å². The predicted molar refractivity (Wildman–Crippen MR) is 150 cm³/mol. The van der Waals surface area contributed by atoms with E-state index in [-0.39, 0.29) is 17.2 Å². The molecule has 0 saturated heterocycles. The van der Waals surface area contributed by atoms with Gasteiger partial charge in [-0.2, -0.15) is 0 Å². The Bertz CT molecular complexity index is 1480. The lowest BCUT2D eigenvalue weighted by molar-refractivity contribution is -0.127. The third kappa shape index (κ3) is 5.25. The maximum atomic E-state index is 13.8. The third-order valence-corrected chi connectivity index (χ3v) is 7.99. The molecule has 36 heavy (non-hydrogen) atoms. The molecule has 0 radical (unpaired) electrons. The van der Waals surface area contributed by atoms with Crippen LogP contribution in [0.25, 0.3) is 21.7 Å². The molecule has 4 aromatic rings. The number of aryl methyl sites for hydroxylation is 1. The largest absolute Gasteiger partial charge is 0.494 e. The fourth-order valence-corrected chi connectivity index (χ4v) is 6.04. The minimum Gasteiger partial charge on any atom is -0.494 e. The number of ether oxygens (including phenoxy) is 1. The van der Waals surface area contributed by atoms with Crippen LogP contribution >= 0.6 is 35.3 Å². The van der Waals surface area contributed by atoms with Gasteiger partial charge in [-0.15, -0.1) is 0 Å². The SMILES string of the molecule is CCOc1ccc(-n2c(=S)sc3c(=O)n(-c4ccc(C)cc4)c(SCC(=O)N(CC)CC)nc32)cc1. The summed E-state index contributed by atoms with van der Waals surface area (Å²) in [4.78, 5) is 33.2. The molecular formula is C26H28N4O3S3. The number of hydrogen-bond donors (Lipinski definition) is 0. The first-order valence-corrected chi connectivity index (χ1v) is 14.0. The molecule has 0 aliphatic carbocycles. The molecule has 7 nitrogen and oxygen atoms in total. The molecule has 188 valence electrons. The van der Waals surface area contributed by atoms with Gasteiger partial charge in [0, 0.05) is 18.8 Å². The summed E-state index contributed by atoms with van der Waals surface area (Å²) in [7, 11) is 0. The maximum absolute atomic E-state index is 13.8. The number of carbonyl (C=O) groups is 1. The summed E-state index contributed by atoms with van der Waals surface area (Å²) in [5, 5.41) is 0.448. The van der Waals surface area contributed by atoms with Crippen molar-refractivity contribution in [3.05, 3.63) is 68.4 Å². The third-order valence-electron chi connectivity index (χ3n) is 5.72. The molecule has 1 amide bonds. The van der Waals surface area contributed by atoms with Crippen molar-refractivity contribution >= 4 is 51.6 Å². The van der Waals surface area contributed by atoms with Crippen LogP contribution in [0.15, 0.2) is 58.5 Å².